The van der Waals surface area contributed by atoms with Crippen LogP contribution in [0.15, 0.2) is 0 Å². The van der Waals surface area contributed by atoms with E-state index in [2.05, 4.69) is 13.8 Å². The molecule has 60 valence electrons. The van der Waals surface area contributed by atoms with E-state index in [0.29, 0.717) is 6.04 Å². The highest BCUT2D eigenvalue weighted by atomic mass is 14.7. The Kier molecular flexibility index (Phi) is 2.72. The molecule has 1 fully saturated rings. The van der Waals surface area contributed by atoms with Crippen molar-refractivity contribution >= 4 is 0 Å². The molecule has 0 aromatic heterocycles. The predicted molar refractivity (Wildman–Crippen MR) is 44.8 cm³/mol. The minimum absolute atomic E-state index is 0.485. The molecule has 1 saturated carbocycles. The molecule has 0 bridgehead atoms. The van der Waals surface area contributed by atoms with E-state index in [1.165, 1.54) is 25.7 Å². The third kappa shape index (κ3) is 1.51. The number of hydrogen-bond donors (Lipinski definition) is 1. The van der Waals surface area contributed by atoms with Crippen molar-refractivity contribution in [1.29, 1.82) is 0 Å². The molecule has 1 aliphatic carbocycles. The molecule has 0 saturated heterocycles. The Bertz CT molecular complexity index is 101. The summed E-state index contributed by atoms with van der Waals surface area (Å²) in [7, 11) is 0. The highest BCUT2D eigenvalue weighted by Gasteiger charge is 2.25. The van der Waals surface area contributed by atoms with Gasteiger partial charge in [0.2, 0.25) is 0 Å². The average molecular weight is 141 g/mol. The number of hydrogen-bond acceptors (Lipinski definition) is 1. The van der Waals surface area contributed by atoms with Gasteiger partial charge in [-0.15, -0.1) is 0 Å². The summed E-state index contributed by atoms with van der Waals surface area (Å²) in [6, 6.07) is 0.485. The van der Waals surface area contributed by atoms with Gasteiger partial charge in [-0.25, -0.2) is 0 Å². The molecule has 1 heteroatoms. The Morgan fingerprint density at radius 2 is 2.10 bits per heavy atom. The third-order valence-corrected chi connectivity index (χ3v) is 2.96. The Morgan fingerprint density at radius 3 is 2.60 bits per heavy atom. The van der Waals surface area contributed by atoms with Crippen LogP contribution in [0.3, 0.4) is 0 Å². The summed E-state index contributed by atoms with van der Waals surface area (Å²) in [6.07, 6.45) is 5.37. The molecule has 1 rings (SSSR count). The van der Waals surface area contributed by atoms with Crippen molar-refractivity contribution in [3.05, 3.63) is 0 Å². The molecule has 1 nitrogen and oxygen atoms in total. The van der Waals surface area contributed by atoms with Crippen molar-refractivity contribution < 1.29 is 0 Å². The van der Waals surface area contributed by atoms with E-state index in [9.17, 15) is 0 Å². The fourth-order valence-corrected chi connectivity index (χ4v) is 2.03. The Labute approximate surface area is 64.0 Å². The first-order valence-electron chi connectivity index (χ1n) is 4.51. The maximum absolute atomic E-state index is 6.03. The molecule has 0 aromatic carbocycles. The second-order valence-electron chi connectivity index (χ2n) is 3.65. The molecule has 0 amide bonds. The van der Waals surface area contributed by atoms with Crippen LogP contribution in [0.4, 0.5) is 0 Å². The lowest BCUT2D eigenvalue weighted by Gasteiger charge is -2.33. The van der Waals surface area contributed by atoms with Crippen LogP contribution in [-0.2, 0) is 0 Å². The third-order valence-electron chi connectivity index (χ3n) is 2.96. The van der Waals surface area contributed by atoms with Crippen molar-refractivity contribution in [3.8, 4) is 0 Å². The molecule has 0 spiro atoms. The highest BCUT2D eigenvalue weighted by molar-refractivity contribution is 4.81. The highest BCUT2D eigenvalue weighted by Crippen LogP contribution is 2.29. The van der Waals surface area contributed by atoms with Gasteiger partial charge in [0, 0.05) is 6.04 Å². The first-order chi connectivity index (χ1) is 4.75. The van der Waals surface area contributed by atoms with Crippen molar-refractivity contribution in [1.82, 2.24) is 0 Å². The molecule has 2 N–H and O–H groups in total. The van der Waals surface area contributed by atoms with Gasteiger partial charge < -0.3 is 5.73 Å². The number of nitrogens with two attached hydrogens (primary N) is 1. The SMILES string of the molecule is CC[C@H]1CCC[C@H](C)C1N. The quantitative estimate of drug-likeness (QED) is 0.595. The van der Waals surface area contributed by atoms with E-state index in [4.69, 9.17) is 5.73 Å². The molecule has 10 heavy (non-hydrogen) atoms. The van der Waals surface area contributed by atoms with Gasteiger partial charge in [-0.3, -0.25) is 0 Å². The molecule has 0 heterocycles. The van der Waals surface area contributed by atoms with E-state index in [1.807, 2.05) is 0 Å². The lowest BCUT2D eigenvalue weighted by Crippen LogP contribution is -2.39. The largest absolute Gasteiger partial charge is 0.327 e. The second kappa shape index (κ2) is 3.38. The van der Waals surface area contributed by atoms with E-state index in [-0.39, 0.29) is 0 Å². The first kappa shape index (κ1) is 8.06. The van der Waals surface area contributed by atoms with Gasteiger partial charge in [0.1, 0.15) is 0 Å². The van der Waals surface area contributed by atoms with E-state index in [1.54, 1.807) is 0 Å². The van der Waals surface area contributed by atoms with Crippen molar-refractivity contribution in [3.63, 3.8) is 0 Å². The minimum Gasteiger partial charge on any atom is -0.327 e. The summed E-state index contributed by atoms with van der Waals surface area (Å²) in [6.45, 7) is 4.54. The van der Waals surface area contributed by atoms with Crippen LogP contribution in [0.5, 0.6) is 0 Å². The van der Waals surface area contributed by atoms with Crippen LogP contribution >= 0.6 is 0 Å². The zero-order valence-electron chi connectivity index (χ0n) is 7.14. The minimum atomic E-state index is 0.485. The molecule has 1 unspecified atom stereocenters. The molecule has 3 atom stereocenters. The monoisotopic (exact) mass is 141 g/mol. The first-order valence-corrected chi connectivity index (χ1v) is 4.51. The van der Waals surface area contributed by atoms with E-state index < -0.39 is 0 Å². The maximum Gasteiger partial charge on any atom is 0.00928 e. The number of rotatable bonds is 1. The summed E-state index contributed by atoms with van der Waals surface area (Å²) in [5, 5.41) is 0. The van der Waals surface area contributed by atoms with Gasteiger partial charge in [0.05, 0.1) is 0 Å². The Hall–Kier alpha value is -0.0400. The average Bonchev–Trinajstić information content (AvgIpc) is 1.95. The molecular weight excluding hydrogens is 122 g/mol. The second-order valence-corrected chi connectivity index (χ2v) is 3.65. The molecule has 1 aliphatic rings. The fourth-order valence-electron chi connectivity index (χ4n) is 2.03. The van der Waals surface area contributed by atoms with Gasteiger partial charge in [0.25, 0.3) is 0 Å². The molecule has 0 radical (unpaired) electrons. The summed E-state index contributed by atoms with van der Waals surface area (Å²) >= 11 is 0. The predicted octanol–water partition coefficient (Wildman–Crippen LogP) is 2.16. The van der Waals surface area contributed by atoms with Crippen LogP contribution in [-0.4, -0.2) is 6.04 Å². The summed E-state index contributed by atoms with van der Waals surface area (Å²) in [5.41, 5.74) is 6.03. The van der Waals surface area contributed by atoms with Gasteiger partial charge >= 0.3 is 0 Å². The van der Waals surface area contributed by atoms with Gasteiger partial charge in [0.15, 0.2) is 0 Å². The van der Waals surface area contributed by atoms with E-state index >= 15 is 0 Å². The van der Waals surface area contributed by atoms with Crippen molar-refractivity contribution in [2.24, 2.45) is 17.6 Å². The molecular formula is C9H19N. The Morgan fingerprint density at radius 1 is 1.40 bits per heavy atom. The standard InChI is InChI=1S/C9H19N/c1-3-8-6-4-5-7(2)9(8)10/h7-9H,3-6,10H2,1-2H3/t7-,8-,9?/m0/s1. The smallest absolute Gasteiger partial charge is 0.00928 e. The van der Waals surface area contributed by atoms with Crippen LogP contribution in [0, 0.1) is 11.8 Å². The van der Waals surface area contributed by atoms with Crippen LogP contribution in [0.2, 0.25) is 0 Å². The van der Waals surface area contributed by atoms with Crippen molar-refractivity contribution in [2.75, 3.05) is 0 Å². The van der Waals surface area contributed by atoms with Crippen LogP contribution in [0.1, 0.15) is 39.5 Å². The summed E-state index contributed by atoms with van der Waals surface area (Å²) < 4.78 is 0. The lowest BCUT2D eigenvalue weighted by atomic mass is 9.77. The van der Waals surface area contributed by atoms with Crippen LogP contribution in [0.25, 0.3) is 0 Å². The lowest BCUT2D eigenvalue weighted by molar-refractivity contribution is 0.229. The molecule has 0 aliphatic heterocycles. The summed E-state index contributed by atoms with van der Waals surface area (Å²) in [5.74, 6) is 1.57. The van der Waals surface area contributed by atoms with Gasteiger partial charge in [-0.1, -0.05) is 26.7 Å². The zero-order chi connectivity index (χ0) is 7.56. The molecule has 0 aromatic rings. The maximum atomic E-state index is 6.03. The normalized spacial score (nSPS) is 41.7. The fraction of sp³-hybridized carbons (Fsp3) is 1.00. The van der Waals surface area contributed by atoms with Crippen LogP contribution < -0.4 is 5.73 Å². The summed E-state index contributed by atoms with van der Waals surface area (Å²) in [4.78, 5) is 0. The van der Waals surface area contributed by atoms with Crippen molar-refractivity contribution in [2.45, 2.75) is 45.6 Å². The van der Waals surface area contributed by atoms with Gasteiger partial charge in [-0.05, 0) is 24.7 Å². The van der Waals surface area contributed by atoms with E-state index in [0.717, 1.165) is 11.8 Å². The zero-order valence-corrected chi connectivity index (χ0v) is 7.14. The topological polar surface area (TPSA) is 26.0 Å². The van der Waals surface area contributed by atoms with Gasteiger partial charge in [-0.2, -0.15) is 0 Å². The Balaban J connectivity index is 2.42.